The number of fused-ring (bicyclic) bond motifs is 1. The van der Waals surface area contributed by atoms with Crippen LogP contribution in [0.1, 0.15) is 29.8 Å². The Morgan fingerprint density at radius 1 is 1.08 bits per heavy atom. The Morgan fingerprint density at radius 3 is 2.62 bits per heavy atom. The number of carbonyl (C=O) groups is 1. The van der Waals surface area contributed by atoms with E-state index in [0.29, 0.717) is 34.6 Å². The maximum atomic E-state index is 13.8. The van der Waals surface area contributed by atoms with Crippen LogP contribution in [-0.4, -0.2) is 44.5 Å². The normalized spacial score (nSPS) is 13.7. The van der Waals surface area contributed by atoms with Crippen molar-refractivity contribution in [2.75, 3.05) is 18.7 Å². The topological polar surface area (TPSA) is 141 Å². The van der Waals surface area contributed by atoms with Gasteiger partial charge in [0.1, 0.15) is 17.6 Å². The van der Waals surface area contributed by atoms with Gasteiger partial charge in [0.05, 0.1) is 37.8 Å². The van der Waals surface area contributed by atoms with Crippen LogP contribution in [0.25, 0.3) is 11.2 Å². The van der Waals surface area contributed by atoms with Crippen LogP contribution >= 0.6 is 7.60 Å². The molecule has 0 aliphatic rings. The molecule has 37 heavy (non-hydrogen) atoms. The minimum atomic E-state index is -3.82. The van der Waals surface area contributed by atoms with Gasteiger partial charge < -0.3 is 24.3 Å². The summed E-state index contributed by atoms with van der Waals surface area (Å²) in [7, 11) is -3.82. The molecule has 4 rings (SSSR count). The molecule has 0 saturated carbocycles. The molecule has 11 nitrogen and oxygen atoms in total. The lowest BCUT2D eigenvalue weighted by Gasteiger charge is -2.22. The summed E-state index contributed by atoms with van der Waals surface area (Å²) in [5.74, 6) is 0.172. The van der Waals surface area contributed by atoms with Crippen LogP contribution in [-0.2, 0) is 31.7 Å². The van der Waals surface area contributed by atoms with Crippen molar-refractivity contribution >= 4 is 30.5 Å². The summed E-state index contributed by atoms with van der Waals surface area (Å²) in [5, 5.41) is 0. The van der Waals surface area contributed by atoms with E-state index >= 15 is 0 Å². The monoisotopic (exact) mass is 525 g/mol. The minimum Gasteiger partial charge on any atom is -0.462 e. The van der Waals surface area contributed by atoms with Crippen LogP contribution < -0.4 is 10.3 Å². The number of nitrogens with zero attached hydrogens (tertiary/aromatic N) is 4. The Bertz CT molecular complexity index is 1400. The van der Waals surface area contributed by atoms with Gasteiger partial charge in [-0.3, -0.25) is 4.52 Å². The average molecular weight is 526 g/mol. The van der Waals surface area contributed by atoms with Gasteiger partial charge in [-0.05, 0) is 37.6 Å². The minimum absolute atomic E-state index is 0.140. The van der Waals surface area contributed by atoms with Crippen molar-refractivity contribution in [3.8, 4) is 5.75 Å². The van der Waals surface area contributed by atoms with E-state index in [-0.39, 0.29) is 25.4 Å². The highest BCUT2D eigenvalue weighted by molar-refractivity contribution is 7.54. The second-order valence-corrected chi connectivity index (χ2v) is 10.0. The number of hydrogen-bond acceptors (Lipinski definition) is 10. The van der Waals surface area contributed by atoms with E-state index in [2.05, 4.69) is 15.0 Å². The summed E-state index contributed by atoms with van der Waals surface area (Å²) in [4.78, 5) is 24.8. The zero-order valence-electron chi connectivity index (χ0n) is 20.5. The number of nitrogens with two attached hydrogens (primary N) is 1. The summed E-state index contributed by atoms with van der Waals surface area (Å²) < 4.78 is 38.2. The number of para-hydroxylation sites is 1. The van der Waals surface area contributed by atoms with E-state index < -0.39 is 19.7 Å². The molecule has 0 radical (unpaired) electrons. The van der Waals surface area contributed by atoms with Crippen molar-refractivity contribution in [2.24, 2.45) is 0 Å². The molecule has 2 atom stereocenters. The number of ether oxygens (including phenoxy) is 2. The first-order valence-electron chi connectivity index (χ1n) is 11.6. The Morgan fingerprint density at radius 2 is 1.84 bits per heavy atom. The Labute approximate surface area is 214 Å². The number of nitrogen functional groups attached to an aromatic ring is 1. The van der Waals surface area contributed by atoms with Crippen molar-refractivity contribution in [3.05, 3.63) is 78.4 Å². The molecule has 0 bridgehead atoms. The van der Waals surface area contributed by atoms with Crippen LogP contribution in [0.15, 0.2) is 67.3 Å². The second kappa shape index (κ2) is 12.0. The second-order valence-electron chi connectivity index (χ2n) is 8.10. The molecule has 2 heterocycles. The number of carbonyl (C=O) groups excluding carboxylic acids is 1. The zero-order valence-corrected chi connectivity index (χ0v) is 21.4. The van der Waals surface area contributed by atoms with Crippen molar-refractivity contribution in [3.63, 3.8) is 0 Å². The molecule has 2 N–H and O–H groups in total. The number of anilines is 1. The SMILES string of the molecule is CCOC(=O)c1ccccc1COP(=O)(CO[C@H](C)Cn1cnc2c(N)ncnc21)Oc1ccccc1. The van der Waals surface area contributed by atoms with Crippen LogP contribution in [0.4, 0.5) is 5.82 Å². The first-order valence-corrected chi connectivity index (χ1v) is 13.4. The molecule has 0 aliphatic heterocycles. The third kappa shape index (κ3) is 6.71. The van der Waals surface area contributed by atoms with Gasteiger partial charge in [-0.2, -0.15) is 0 Å². The molecule has 2 aromatic heterocycles. The number of benzene rings is 2. The summed E-state index contributed by atoms with van der Waals surface area (Å²) in [6.45, 7) is 4.01. The molecule has 194 valence electrons. The van der Waals surface area contributed by atoms with Gasteiger partial charge >= 0.3 is 13.6 Å². The van der Waals surface area contributed by atoms with Gasteiger partial charge in [0.15, 0.2) is 17.8 Å². The predicted octanol–water partition coefficient (Wildman–Crippen LogP) is 4.44. The highest BCUT2D eigenvalue weighted by Gasteiger charge is 2.29. The molecule has 0 saturated heterocycles. The van der Waals surface area contributed by atoms with Gasteiger partial charge in [0.2, 0.25) is 0 Å². The molecule has 0 amide bonds. The van der Waals surface area contributed by atoms with Crippen LogP contribution in [0.5, 0.6) is 5.75 Å². The predicted molar refractivity (Wildman–Crippen MR) is 137 cm³/mol. The average Bonchev–Trinajstić information content (AvgIpc) is 3.31. The highest BCUT2D eigenvalue weighted by atomic mass is 31.2. The fraction of sp³-hybridized carbons (Fsp3) is 0.280. The molecule has 0 fully saturated rings. The van der Waals surface area contributed by atoms with E-state index in [1.54, 1.807) is 66.3 Å². The van der Waals surface area contributed by atoms with E-state index in [1.807, 2.05) is 13.0 Å². The third-order valence-electron chi connectivity index (χ3n) is 5.32. The van der Waals surface area contributed by atoms with Crippen molar-refractivity contribution in [2.45, 2.75) is 33.1 Å². The lowest BCUT2D eigenvalue weighted by atomic mass is 10.1. The number of esters is 1. The summed E-state index contributed by atoms with van der Waals surface area (Å²) >= 11 is 0. The van der Waals surface area contributed by atoms with Gasteiger partial charge in [0.25, 0.3) is 0 Å². The fourth-order valence-electron chi connectivity index (χ4n) is 3.53. The fourth-order valence-corrected chi connectivity index (χ4v) is 4.93. The summed E-state index contributed by atoms with van der Waals surface area (Å²) in [6.07, 6.45) is 2.23. The van der Waals surface area contributed by atoms with Gasteiger partial charge in [-0.25, -0.2) is 24.3 Å². The number of aromatic nitrogens is 4. The summed E-state index contributed by atoms with van der Waals surface area (Å²) in [5.41, 5.74) is 7.78. The number of rotatable bonds is 12. The Hall–Kier alpha value is -3.79. The molecular formula is C25H28N5O6P. The molecular weight excluding hydrogens is 497 g/mol. The highest BCUT2D eigenvalue weighted by Crippen LogP contribution is 2.49. The van der Waals surface area contributed by atoms with E-state index in [1.165, 1.54) is 6.33 Å². The Kier molecular flexibility index (Phi) is 8.50. The quantitative estimate of drug-likeness (QED) is 0.208. The van der Waals surface area contributed by atoms with Gasteiger partial charge in [-0.1, -0.05) is 36.4 Å². The van der Waals surface area contributed by atoms with E-state index in [9.17, 15) is 9.36 Å². The standard InChI is InChI=1S/C25H28N5O6P/c1-3-33-25(31)21-12-8-7-9-19(21)14-35-37(32,36-20-10-5-4-6-11-20)17-34-18(2)13-30-16-29-22-23(26)27-15-28-24(22)30/h4-12,15-16,18H,3,13-14,17H2,1-2H3,(H2,26,27,28)/t18-,37?/m1/s1. The molecule has 0 spiro atoms. The first kappa shape index (κ1) is 26.3. The van der Waals surface area contributed by atoms with Crippen LogP contribution in [0, 0.1) is 0 Å². The van der Waals surface area contributed by atoms with Gasteiger partial charge in [-0.15, -0.1) is 0 Å². The van der Waals surface area contributed by atoms with Crippen LogP contribution in [0.3, 0.4) is 0 Å². The lowest BCUT2D eigenvalue weighted by molar-refractivity contribution is 0.0522. The smallest absolute Gasteiger partial charge is 0.405 e. The maximum Gasteiger partial charge on any atom is 0.405 e. The Balaban J connectivity index is 1.47. The molecule has 1 unspecified atom stereocenters. The van der Waals surface area contributed by atoms with E-state index in [0.717, 1.165) is 0 Å². The first-order chi connectivity index (χ1) is 17.9. The maximum absolute atomic E-state index is 13.8. The largest absolute Gasteiger partial charge is 0.462 e. The summed E-state index contributed by atoms with van der Waals surface area (Å²) in [6, 6.07) is 15.5. The zero-order chi connectivity index (χ0) is 26.3. The molecule has 4 aromatic rings. The number of imidazole rings is 1. The van der Waals surface area contributed by atoms with Crippen molar-refractivity contribution < 1.29 is 27.9 Å². The molecule has 0 aliphatic carbocycles. The lowest BCUT2D eigenvalue weighted by Crippen LogP contribution is -2.19. The van der Waals surface area contributed by atoms with E-state index in [4.69, 9.17) is 24.3 Å². The number of hydrogen-bond donors (Lipinski definition) is 1. The van der Waals surface area contributed by atoms with Crippen LogP contribution in [0.2, 0.25) is 0 Å². The van der Waals surface area contributed by atoms with Crippen molar-refractivity contribution in [1.82, 2.24) is 19.5 Å². The molecule has 12 heteroatoms. The van der Waals surface area contributed by atoms with Crippen molar-refractivity contribution in [1.29, 1.82) is 0 Å². The third-order valence-corrected chi connectivity index (χ3v) is 6.79. The van der Waals surface area contributed by atoms with Gasteiger partial charge in [0, 0.05) is 0 Å². The molecule has 2 aromatic carbocycles.